The van der Waals surface area contributed by atoms with Gasteiger partial charge in [0.15, 0.2) is 0 Å². The molecule has 0 fully saturated rings. The van der Waals surface area contributed by atoms with Gasteiger partial charge in [0.25, 0.3) is 0 Å². The number of hydrogen-bond acceptors (Lipinski definition) is 0. The van der Waals surface area contributed by atoms with E-state index in [9.17, 15) is 0 Å². The summed E-state index contributed by atoms with van der Waals surface area (Å²) < 4.78 is 4.56. The smallest absolute Gasteiger partial charge is 0.121 e. The summed E-state index contributed by atoms with van der Waals surface area (Å²) in [7, 11) is 0. The van der Waals surface area contributed by atoms with Crippen molar-refractivity contribution in [1.82, 2.24) is 9.13 Å². The molecule has 5 rings (SSSR count). The summed E-state index contributed by atoms with van der Waals surface area (Å²) in [5.41, 5.74) is 6.52. The first-order chi connectivity index (χ1) is 11.4. The van der Waals surface area contributed by atoms with Gasteiger partial charge in [-0.15, -0.1) is 0 Å². The zero-order valence-electron chi connectivity index (χ0n) is 12.7. The second kappa shape index (κ2) is 4.75. The fraction of sp³-hybridized carbons (Fsp3) is 0.0476. The Bertz CT molecular complexity index is 922. The van der Waals surface area contributed by atoms with Gasteiger partial charge < -0.3 is 9.13 Å². The Balaban J connectivity index is 1.92. The molecule has 1 aliphatic rings. The van der Waals surface area contributed by atoms with E-state index in [2.05, 4.69) is 94.3 Å². The molecule has 0 N–H and O–H groups in total. The third kappa shape index (κ3) is 1.82. The summed E-state index contributed by atoms with van der Waals surface area (Å²) in [6.07, 6.45) is 5.23. The van der Waals surface area contributed by atoms with Crippen LogP contribution in [0.5, 0.6) is 0 Å². The topological polar surface area (TPSA) is 9.86 Å². The molecule has 2 nitrogen and oxygen atoms in total. The Hall–Kier alpha value is -3.00. The van der Waals surface area contributed by atoms with Gasteiger partial charge in [-0.25, -0.2) is 0 Å². The van der Waals surface area contributed by atoms with Crippen LogP contribution in [0.1, 0.15) is 11.1 Å². The lowest BCUT2D eigenvalue weighted by atomic mass is 9.97. The number of fused-ring (bicyclic) bond motifs is 7. The highest BCUT2D eigenvalue weighted by Gasteiger charge is 2.17. The van der Waals surface area contributed by atoms with Crippen LogP contribution in [0.4, 0.5) is 0 Å². The third-order valence-electron chi connectivity index (χ3n) is 4.65. The third-order valence-corrected chi connectivity index (χ3v) is 4.65. The lowest BCUT2D eigenvalue weighted by molar-refractivity contribution is 0.934. The fourth-order valence-electron chi connectivity index (χ4n) is 3.60. The summed E-state index contributed by atoms with van der Waals surface area (Å²) >= 11 is 0. The molecular weight excluding hydrogens is 280 g/mol. The summed E-state index contributed by atoms with van der Waals surface area (Å²) in [4.78, 5) is 0. The van der Waals surface area contributed by atoms with Crippen LogP contribution in [-0.4, -0.2) is 9.13 Å². The van der Waals surface area contributed by atoms with E-state index >= 15 is 0 Å². The summed E-state index contributed by atoms with van der Waals surface area (Å²) in [5.74, 6) is 1.18. The summed E-state index contributed by atoms with van der Waals surface area (Å²) in [6, 6.07) is 26.0. The highest BCUT2D eigenvalue weighted by atomic mass is 15.1. The van der Waals surface area contributed by atoms with E-state index in [1.54, 1.807) is 0 Å². The molecule has 0 atom stereocenters. The molecule has 0 aliphatic carbocycles. The number of hydrogen-bond donors (Lipinski definition) is 0. The standard InChI is InChI=1S/C21H16N2/c1-3-9-18-16(7-1)15-17-8-2-4-10-19(17)22-14-6-12-21(22)23-13-5-11-20(18)23/h1-14H,15H2. The molecule has 4 aromatic rings. The predicted octanol–water partition coefficient (Wildman–Crippen LogP) is 4.84. The summed E-state index contributed by atoms with van der Waals surface area (Å²) in [6.45, 7) is 0. The Morgan fingerprint density at radius 1 is 0.609 bits per heavy atom. The van der Waals surface area contributed by atoms with E-state index in [0.29, 0.717) is 0 Å². The van der Waals surface area contributed by atoms with E-state index in [-0.39, 0.29) is 0 Å². The van der Waals surface area contributed by atoms with Gasteiger partial charge in [0.1, 0.15) is 5.82 Å². The molecule has 0 spiro atoms. The SMILES string of the molecule is c1ccc2c(c1)Cc1ccccc1-n1cccc1-n1cccc1-2. The maximum Gasteiger partial charge on any atom is 0.121 e. The van der Waals surface area contributed by atoms with E-state index in [1.165, 1.54) is 33.9 Å². The quantitative estimate of drug-likeness (QED) is 0.387. The first-order valence-electron chi connectivity index (χ1n) is 7.93. The predicted molar refractivity (Wildman–Crippen MR) is 93.3 cm³/mol. The lowest BCUT2D eigenvalue weighted by Crippen LogP contribution is -2.04. The highest BCUT2D eigenvalue weighted by Crippen LogP contribution is 2.33. The van der Waals surface area contributed by atoms with Crippen LogP contribution in [0.2, 0.25) is 0 Å². The molecule has 0 radical (unpaired) electrons. The average Bonchev–Trinajstić information content (AvgIpc) is 3.24. The number of benzene rings is 2. The van der Waals surface area contributed by atoms with Crippen molar-refractivity contribution in [3.05, 3.63) is 96.3 Å². The molecule has 0 unspecified atom stereocenters. The van der Waals surface area contributed by atoms with Gasteiger partial charge in [0.05, 0.1) is 11.4 Å². The first-order valence-corrected chi connectivity index (χ1v) is 7.93. The molecule has 0 amide bonds. The van der Waals surface area contributed by atoms with Gasteiger partial charge in [-0.1, -0.05) is 42.5 Å². The number of para-hydroxylation sites is 1. The number of rotatable bonds is 0. The van der Waals surface area contributed by atoms with Crippen molar-refractivity contribution in [1.29, 1.82) is 0 Å². The van der Waals surface area contributed by atoms with Gasteiger partial charge in [-0.05, 0) is 41.5 Å². The highest BCUT2D eigenvalue weighted by molar-refractivity contribution is 5.69. The molecular formula is C21H16N2. The largest absolute Gasteiger partial charge is 0.303 e. The molecule has 1 aliphatic heterocycles. The maximum absolute atomic E-state index is 2.28. The summed E-state index contributed by atoms with van der Waals surface area (Å²) in [5, 5.41) is 0. The van der Waals surface area contributed by atoms with E-state index in [1.807, 2.05) is 0 Å². The van der Waals surface area contributed by atoms with Gasteiger partial charge in [0, 0.05) is 24.4 Å². The first kappa shape index (κ1) is 12.5. The van der Waals surface area contributed by atoms with Crippen molar-refractivity contribution in [2.45, 2.75) is 6.42 Å². The van der Waals surface area contributed by atoms with Crippen LogP contribution in [0.25, 0.3) is 22.8 Å². The van der Waals surface area contributed by atoms with Gasteiger partial charge in [-0.2, -0.15) is 0 Å². The zero-order valence-corrected chi connectivity index (χ0v) is 12.7. The van der Waals surface area contributed by atoms with Crippen molar-refractivity contribution >= 4 is 0 Å². The van der Waals surface area contributed by atoms with Gasteiger partial charge >= 0.3 is 0 Å². The number of aromatic nitrogens is 2. The van der Waals surface area contributed by atoms with Crippen LogP contribution in [0.3, 0.4) is 0 Å². The minimum Gasteiger partial charge on any atom is -0.303 e. The number of nitrogens with zero attached hydrogens (tertiary/aromatic N) is 2. The van der Waals surface area contributed by atoms with Crippen molar-refractivity contribution in [2.24, 2.45) is 0 Å². The maximum atomic E-state index is 2.28. The van der Waals surface area contributed by atoms with Gasteiger partial charge in [-0.3, -0.25) is 0 Å². The average molecular weight is 296 g/mol. The van der Waals surface area contributed by atoms with E-state index < -0.39 is 0 Å². The minimum atomic E-state index is 0.940. The second-order valence-corrected chi connectivity index (χ2v) is 5.96. The molecule has 23 heavy (non-hydrogen) atoms. The second-order valence-electron chi connectivity index (χ2n) is 5.96. The van der Waals surface area contributed by atoms with Crippen molar-refractivity contribution in [3.63, 3.8) is 0 Å². The van der Waals surface area contributed by atoms with Crippen LogP contribution >= 0.6 is 0 Å². The Kier molecular flexibility index (Phi) is 2.59. The molecule has 110 valence electrons. The molecule has 3 heterocycles. The van der Waals surface area contributed by atoms with E-state index in [4.69, 9.17) is 0 Å². The Morgan fingerprint density at radius 2 is 1.35 bits per heavy atom. The Morgan fingerprint density at radius 3 is 2.30 bits per heavy atom. The van der Waals surface area contributed by atoms with Crippen LogP contribution in [0.15, 0.2) is 85.2 Å². The molecule has 0 saturated carbocycles. The van der Waals surface area contributed by atoms with Crippen molar-refractivity contribution in [2.75, 3.05) is 0 Å². The van der Waals surface area contributed by atoms with Crippen LogP contribution < -0.4 is 0 Å². The van der Waals surface area contributed by atoms with Crippen molar-refractivity contribution in [3.8, 4) is 22.8 Å². The minimum absolute atomic E-state index is 0.940. The monoisotopic (exact) mass is 296 g/mol. The molecule has 2 heteroatoms. The van der Waals surface area contributed by atoms with Crippen molar-refractivity contribution < 1.29 is 0 Å². The van der Waals surface area contributed by atoms with Crippen LogP contribution in [-0.2, 0) is 6.42 Å². The van der Waals surface area contributed by atoms with Gasteiger partial charge in [0.2, 0.25) is 0 Å². The van der Waals surface area contributed by atoms with E-state index in [0.717, 1.165) is 6.42 Å². The molecule has 2 aromatic heterocycles. The zero-order chi connectivity index (χ0) is 15.2. The normalized spacial score (nSPS) is 12.2. The molecule has 0 bridgehead atoms. The lowest BCUT2D eigenvalue weighted by Gasteiger charge is -2.14. The molecule has 0 saturated heterocycles. The van der Waals surface area contributed by atoms with Crippen LogP contribution in [0, 0.1) is 0 Å². The fourth-order valence-corrected chi connectivity index (χ4v) is 3.60. The molecule has 2 aromatic carbocycles. The Labute approximate surface area is 135 Å².